The average molecular weight is 535 g/mol. The van der Waals surface area contributed by atoms with Gasteiger partial charge in [0.2, 0.25) is 5.91 Å². The Morgan fingerprint density at radius 3 is 2.49 bits per heavy atom. The fraction of sp³-hybridized carbons (Fsp3) is 0.600. The van der Waals surface area contributed by atoms with E-state index in [9.17, 15) is 28.3 Å². The summed E-state index contributed by atoms with van der Waals surface area (Å²) in [5.74, 6) is 1.34. The number of carbonyl (C=O) groups is 1. The highest BCUT2D eigenvalue weighted by molar-refractivity contribution is 6.30. The average Bonchev–Trinajstić information content (AvgIpc) is 3.57. The van der Waals surface area contributed by atoms with Crippen LogP contribution in [0.3, 0.4) is 0 Å². The van der Waals surface area contributed by atoms with Crippen LogP contribution in [0.5, 0.6) is 0 Å². The van der Waals surface area contributed by atoms with Gasteiger partial charge < -0.3 is 10.0 Å². The van der Waals surface area contributed by atoms with Crippen LogP contribution in [0, 0.1) is 16.7 Å². The van der Waals surface area contributed by atoms with Crippen LogP contribution in [0.15, 0.2) is 18.2 Å². The molecular formula is C25H26ClF3N6O2. The van der Waals surface area contributed by atoms with Crippen molar-refractivity contribution in [2.75, 3.05) is 13.1 Å². The maximum atomic E-state index is 13.3. The number of carbonyl (C=O) groups excluding carboxylic acids is 1. The minimum Gasteiger partial charge on any atom is -0.380 e. The molecule has 2 aliphatic carbocycles. The van der Waals surface area contributed by atoms with Crippen molar-refractivity contribution in [1.82, 2.24) is 24.6 Å². The molecule has 0 unspecified atom stereocenters. The van der Waals surface area contributed by atoms with E-state index >= 15 is 0 Å². The Kier molecular flexibility index (Phi) is 5.60. The van der Waals surface area contributed by atoms with Gasteiger partial charge in [0.25, 0.3) is 0 Å². The lowest BCUT2D eigenvalue weighted by Gasteiger charge is -2.48. The van der Waals surface area contributed by atoms with E-state index in [4.69, 9.17) is 11.6 Å². The molecule has 1 saturated heterocycles. The molecule has 12 heteroatoms. The molecule has 0 radical (unpaired) electrons. The molecule has 3 fully saturated rings. The Hall–Kier alpha value is -2.68. The number of nitrogens with zero attached hydrogens (tertiary/aromatic N) is 6. The van der Waals surface area contributed by atoms with E-state index in [-0.39, 0.29) is 24.7 Å². The molecule has 196 valence electrons. The van der Waals surface area contributed by atoms with Gasteiger partial charge in [-0.25, -0.2) is 0 Å². The zero-order valence-corrected chi connectivity index (χ0v) is 20.8. The third kappa shape index (κ3) is 4.01. The quantitative estimate of drug-likeness (QED) is 0.645. The molecule has 4 aliphatic rings. The molecular weight excluding hydrogens is 509 g/mol. The summed E-state index contributed by atoms with van der Waals surface area (Å²) in [4.78, 5) is 16.5. The van der Waals surface area contributed by atoms with E-state index in [1.807, 2.05) is 21.6 Å². The van der Waals surface area contributed by atoms with E-state index in [0.29, 0.717) is 62.7 Å². The van der Waals surface area contributed by atoms with Crippen LogP contribution in [-0.4, -0.2) is 66.5 Å². The first-order valence-corrected chi connectivity index (χ1v) is 12.9. The third-order valence-electron chi connectivity index (χ3n) is 8.47. The van der Waals surface area contributed by atoms with Crippen molar-refractivity contribution in [2.24, 2.45) is 5.41 Å². The topological polar surface area (TPSA) is 98.3 Å². The Labute approximate surface area is 216 Å². The second-order valence-corrected chi connectivity index (χ2v) is 11.3. The van der Waals surface area contributed by atoms with Gasteiger partial charge in [-0.2, -0.15) is 18.4 Å². The number of alkyl halides is 3. The number of rotatable bonds is 3. The Morgan fingerprint density at radius 2 is 1.86 bits per heavy atom. The minimum atomic E-state index is -4.66. The summed E-state index contributed by atoms with van der Waals surface area (Å²) in [7, 11) is 0. The number of nitriles is 1. The van der Waals surface area contributed by atoms with Gasteiger partial charge >= 0.3 is 6.18 Å². The van der Waals surface area contributed by atoms with Crippen molar-refractivity contribution in [3.05, 3.63) is 40.4 Å². The lowest BCUT2D eigenvalue weighted by atomic mass is 9.74. The maximum absolute atomic E-state index is 13.3. The van der Waals surface area contributed by atoms with Crippen LogP contribution in [0.1, 0.15) is 61.7 Å². The molecule has 1 aromatic carbocycles. The van der Waals surface area contributed by atoms with Crippen molar-refractivity contribution >= 4 is 17.5 Å². The fourth-order valence-corrected chi connectivity index (χ4v) is 6.12. The summed E-state index contributed by atoms with van der Waals surface area (Å²) in [5, 5.41) is 28.9. The molecule has 0 bridgehead atoms. The number of aromatic nitrogens is 3. The first-order chi connectivity index (χ1) is 17.5. The van der Waals surface area contributed by atoms with E-state index in [0.717, 1.165) is 17.1 Å². The van der Waals surface area contributed by atoms with Crippen molar-refractivity contribution in [3.63, 3.8) is 0 Å². The highest BCUT2D eigenvalue weighted by Gasteiger charge is 2.62. The van der Waals surface area contributed by atoms with Gasteiger partial charge in [0.05, 0.1) is 18.3 Å². The summed E-state index contributed by atoms with van der Waals surface area (Å²) in [6.07, 6.45) is -2.83. The molecule has 2 aromatic rings. The standard InChI is InChI=1S/C25H26ClF3N6O2/c26-17-1-2-19-16(9-17)12-34(18-10-24(37,11-18)25(27,28)29)13-20-31-32-21(35(19)20)15-3-7-33(8-4-15)22(36)23(14-30)5-6-23/h1-2,9,15,18,37H,3-8,10-13H2. The predicted octanol–water partition coefficient (Wildman–Crippen LogP) is 3.70. The first-order valence-electron chi connectivity index (χ1n) is 12.5. The van der Waals surface area contributed by atoms with Gasteiger partial charge in [0.15, 0.2) is 11.4 Å². The number of halogens is 4. The summed E-state index contributed by atoms with van der Waals surface area (Å²) in [5.41, 5.74) is -1.80. The zero-order chi connectivity index (χ0) is 26.2. The van der Waals surface area contributed by atoms with Crippen LogP contribution in [0.25, 0.3) is 5.69 Å². The molecule has 37 heavy (non-hydrogen) atoms. The van der Waals surface area contributed by atoms with Crippen LogP contribution < -0.4 is 0 Å². The van der Waals surface area contributed by atoms with Gasteiger partial charge in [-0.3, -0.25) is 14.3 Å². The number of likely N-dealkylation sites (tertiary alicyclic amines) is 1. The second-order valence-electron chi connectivity index (χ2n) is 10.8. The number of hydrogen-bond acceptors (Lipinski definition) is 6. The van der Waals surface area contributed by atoms with Crippen molar-refractivity contribution in [2.45, 2.75) is 75.4 Å². The lowest BCUT2D eigenvalue weighted by molar-refractivity contribution is -0.300. The maximum Gasteiger partial charge on any atom is 0.417 e. The normalized spacial score (nSPS) is 27.5. The molecule has 0 atom stereocenters. The van der Waals surface area contributed by atoms with Gasteiger partial charge in [-0.05, 0) is 49.4 Å². The van der Waals surface area contributed by atoms with E-state index in [2.05, 4.69) is 16.3 Å². The van der Waals surface area contributed by atoms with Crippen LogP contribution in [0.2, 0.25) is 5.02 Å². The second kappa shape index (κ2) is 8.41. The first kappa shape index (κ1) is 24.6. The molecule has 2 aliphatic heterocycles. The Morgan fingerprint density at radius 1 is 1.16 bits per heavy atom. The molecule has 3 heterocycles. The number of hydrogen-bond donors (Lipinski definition) is 1. The van der Waals surface area contributed by atoms with Crippen LogP contribution >= 0.6 is 11.6 Å². The SMILES string of the molecule is N#CC1(C(=O)N2CCC(c3nnc4n3-c3ccc(Cl)cc3CN(C3CC(O)(C(F)(F)F)C3)C4)CC2)CC1. The largest absolute Gasteiger partial charge is 0.417 e. The predicted molar refractivity (Wildman–Crippen MR) is 125 cm³/mol. The molecule has 8 nitrogen and oxygen atoms in total. The molecule has 1 aromatic heterocycles. The number of fused-ring (bicyclic) bond motifs is 3. The summed E-state index contributed by atoms with van der Waals surface area (Å²) in [6, 6.07) is 7.20. The summed E-state index contributed by atoms with van der Waals surface area (Å²) >= 11 is 6.29. The van der Waals surface area contributed by atoms with Crippen LogP contribution in [0.4, 0.5) is 13.2 Å². The zero-order valence-electron chi connectivity index (χ0n) is 20.0. The van der Waals surface area contributed by atoms with Crippen molar-refractivity contribution in [3.8, 4) is 11.8 Å². The number of piperidine rings is 1. The molecule has 0 spiro atoms. The molecule has 2 saturated carbocycles. The van der Waals surface area contributed by atoms with Gasteiger partial charge in [-0.1, -0.05) is 11.6 Å². The van der Waals surface area contributed by atoms with Crippen LogP contribution in [-0.2, 0) is 17.9 Å². The molecule has 1 N–H and O–H groups in total. The van der Waals surface area contributed by atoms with E-state index in [1.54, 1.807) is 11.0 Å². The third-order valence-corrected chi connectivity index (χ3v) is 8.70. The summed E-state index contributed by atoms with van der Waals surface area (Å²) in [6.45, 7) is 1.74. The van der Waals surface area contributed by atoms with E-state index in [1.165, 1.54) is 0 Å². The Bertz CT molecular complexity index is 1290. The van der Waals surface area contributed by atoms with Crippen molar-refractivity contribution < 1.29 is 23.1 Å². The fourth-order valence-electron chi connectivity index (χ4n) is 5.92. The monoisotopic (exact) mass is 534 g/mol. The van der Waals surface area contributed by atoms with E-state index < -0.39 is 23.2 Å². The smallest absolute Gasteiger partial charge is 0.380 e. The van der Waals surface area contributed by atoms with Gasteiger partial charge in [0, 0.05) is 49.5 Å². The highest BCUT2D eigenvalue weighted by Crippen LogP contribution is 2.49. The summed E-state index contributed by atoms with van der Waals surface area (Å²) < 4.78 is 41.8. The van der Waals surface area contributed by atoms with Crippen molar-refractivity contribution in [1.29, 1.82) is 5.26 Å². The number of benzene rings is 1. The molecule has 6 rings (SSSR count). The van der Waals surface area contributed by atoms with Gasteiger partial charge in [-0.15, -0.1) is 10.2 Å². The lowest BCUT2D eigenvalue weighted by Crippen LogP contribution is -2.61. The highest BCUT2D eigenvalue weighted by atomic mass is 35.5. The molecule has 1 amide bonds. The number of amides is 1. The minimum absolute atomic E-state index is 0.0386. The number of aliphatic hydroxyl groups is 1. The van der Waals surface area contributed by atoms with Gasteiger partial charge in [0.1, 0.15) is 11.2 Å². The Balaban J connectivity index is 1.25.